The highest BCUT2D eigenvalue weighted by molar-refractivity contribution is 5.90. The van der Waals surface area contributed by atoms with E-state index in [0.717, 1.165) is 0 Å². The molecule has 1 atom stereocenters. The number of rotatable bonds is 2. The Morgan fingerprint density at radius 2 is 2.08 bits per heavy atom. The second-order valence-electron chi connectivity index (χ2n) is 2.64. The minimum atomic E-state index is -0.864. The molecule has 70 valence electrons. The van der Waals surface area contributed by atoms with Crippen LogP contribution < -0.4 is 0 Å². The van der Waals surface area contributed by atoms with Gasteiger partial charge in [-0.15, -0.1) is 0 Å². The van der Waals surface area contributed by atoms with Crippen molar-refractivity contribution in [1.82, 2.24) is 0 Å². The normalized spacial score (nSPS) is 12.2. The molecule has 1 aromatic rings. The van der Waals surface area contributed by atoms with Gasteiger partial charge in [-0.25, -0.2) is 4.79 Å². The number of carbonyl (C=O) groups excluding carboxylic acids is 1. The van der Waals surface area contributed by atoms with Crippen molar-refractivity contribution in [2.24, 2.45) is 0 Å². The van der Waals surface area contributed by atoms with E-state index in [0.29, 0.717) is 5.56 Å². The molecule has 13 heavy (non-hydrogen) atoms. The van der Waals surface area contributed by atoms with Gasteiger partial charge in [0.15, 0.2) is 0 Å². The van der Waals surface area contributed by atoms with Gasteiger partial charge in [0.1, 0.15) is 0 Å². The van der Waals surface area contributed by atoms with E-state index in [-0.39, 0.29) is 5.56 Å². The fraction of sp³-hybridized carbons (Fsp3) is 0.222. The molecule has 2 N–H and O–H groups in total. The average Bonchev–Trinajstić information content (AvgIpc) is 2.16. The van der Waals surface area contributed by atoms with Gasteiger partial charge in [0.2, 0.25) is 0 Å². The molecule has 0 amide bonds. The number of carbonyl (C=O) groups is 1. The highest BCUT2D eigenvalue weighted by Crippen LogP contribution is 2.17. The van der Waals surface area contributed by atoms with Crippen molar-refractivity contribution in [2.45, 2.75) is 13.0 Å². The first kappa shape index (κ1) is 9.70. The number of hydrogen-bond donors (Lipinski definition) is 2. The summed E-state index contributed by atoms with van der Waals surface area (Å²) >= 11 is 0. The Labute approximate surface area is 75.3 Å². The van der Waals surface area contributed by atoms with Crippen molar-refractivity contribution in [3.63, 3.8) is 0 Å². The summed E-state index contributed by atoms with van der Waals surface area (Å²) < 4.78 is 0. The Balaban J connectivity index is 3.12. The summed E-state index contributed by atoms with van der Waals surface area (Å²) in [6, 6.07) is 6.38. The Morgan fingerprint density at radius 1 is 1.46 bits per heavy atom. The lowest BCUT2D eigenvalue weighted by atomic mass is 10.0. The Morgan fingerprint density at radius 3 is 2.62 bits per heavy atom. The van der Waals surface area contributed by atoms with Crippen LogP contribution in [-0.2, 0) is 4.89 Å². The smallest absolute Gasteiger partial charge is 0.373 e. The zero-order valence-electron chi connectivity index (χ0n) is 7.10. The molecule has 4 heteroatoms. The molecular formula is C9H10O4. The predicted molar refractivity (Wildman–Crippen MR) is 45.1 cm³/mol. The van der Waals surface area contributed by atoms with Crippen molar-refractivity contribution in [2.75, 3.05) is 0 Å². The molecule has 1 aromatic carbocycles. The van der Waals surface area contributed by atoms with E-state index in [2.05, 4.69) is 4.89 Å². The van der Waals surface area contributed by atoms with Crippen molar-refractivity contribution in [3.8, 4) is 0 Å². The van der Waals surface area contributed by atoms with Gasteiger partial charge in [0.05, 0.1) is 11.7 Å². The molecule has 0 saturated carbocycles. The van der Waals surface area contributed by atoms with Crippen LogP contribution in [0.3, 0.4) is 0 Å². The molecule has 0 aliphatic carbocycles. The molecule has 0 saturated heterocycles. The van der Waals surface area contributed by atoms with E-state index in [1.807, 2.05) is 0 Å². The summed E-state index contributed by atoms with van der Waals surface area (Å²) in [4.78, 5) is 14.5. The van der Waals surface area contributed by atoms with Gasteiger partial charge in [-0.2, -0.15) is 5.26 Å². The van der Waals surface area contributed by atoms with E-state index < -0.39 is 12.1 Å². The first-order chi connectivity index (χ1) is 6.16. The quantitative estimate of drug-likeness (QED) is 0.535. The molecule has 0 radical (unpaired) electrons. The van der Waals surface area contributed by atoms with Crippen molar-refractivity contribution in [3.05, 3.63) is 35.4 Å². The summed E-state index contributed by atoms with van der Waals surface area (Å²) in [5.74, 6) is -0.864. The van der Waals surface area contributed by atoms with Gasteiger partial charge in [-0.05, 0) is 18.6 Å². The summed E-state index contributed by atoms with van der Waals surface area (Å²) in [7, 11) is 0. The van der Waals surface area contributed by atoms with Crippen LogP contribution in [-0.4, -0.2) is 16.3 Å². The van der Waals surface area contributed by atoms with E-state index >= 15 is 0 Å². The maximum Gasteiger partial charge on any atom is 0.373 e. The monoisotopic (exact) mass is 182 g/mol. The number of benzene rings is 1. The fourth-order valence-electron chi connectivity index (χ4n) is 1.10. The largest absolute Gasteiger partial charge is 0.389 e. The number of aliphatic hydroxyl groups is 1. The van der Waals surface area contributed by atoms with Gasteiger partial charge >= 0.3 is 5.97 Å². The lowest BCUT2D eigenvalue weighted by Crippen LogP contribution is -2.07. The highest BCUT2D eigenvalue weighted by atomic mass is 17.1. The van der Waals surface area contributed by atoms with Gasteiger partial charge in [0.25, 0.3) is 0 Å². The summed E-state index contributed by atoms with van der Waals surface area (Å²) in [5.41, 5.74) is 0.599. The zero-order valence-corrected chi connectivity index (χ0v) is 7.10. The second-order valence-corrected chi connectivity index (χ2v) is 2.64. The van der Waals surface area contributed by atoms with Crippen molar-refractivity contribution < 1.29 is 20.0 Å². The van der Waals surface area contributed by atoms with Gasteiger partial charge in [-0.1, -0.05) is 18.2 Å². The van der Waals surface area contributed by atoms with Crippen LogP contribution in [0.5, 0.6) is 0 Å². The molecule has 0 aliphatic heterocycles. The topological polar surface area (TPSA) is 66.8 Å². The second kappa shape index (κ2) is 4.02. The molecule has 0 aliphatic rings. The lowest BCUT2D eigenvalue weighted by Gasteiger charge is -2.08. The Hall–Kier alpha value is -1.39. The Kier molecular flexibility index (Phi) is 3.00. The Bertz CT molecular complexity index is 306. The van der Waals surface area contributed by atoms with Crippen LogP contribution in [0.25, 0.3) is 0 Å². The number of hydrogen-bond acceptors (Lipinski definition) is 4. The molecule has 0 aromatic heterocycles. The molecule has 0 spiro atoms. The minimum Gasteiger partial charge on any atom is -0.389 e. The fourth-order valence-corrected chi connectivity index (χ4v) is 1.10. The maximum atomic E-state index is 11.0. The third kappa shape index (κ3) is 2.05. The van der Waals surface area contributed by atoms with Gasteiger partial charge < -0.3 is 5.11 Å². The maximum absolute atomic E-state index is 11.0. The summed E-state index contributed by atoms with van der Waals surface area (Å²) in [6.07, 6.45) is -0.768. The summed E-state index contributed by atoms with van der Waals surface area (Å²) in [5, 5.41) is 17.4. The van der Waals surface area contributed by atoms with Crippen LogP contribution in [0.4, 0.5) is 0 Å². The van der Waals surface area contributed by atoms with Gasteiger partial charge in [-0.3, -0.25) is 4.89 Å². The van der Waals surface area contributed by atoms with Crippen LogP contribution in [0, 0.1) is 0 Å². The van der Waals surface area contributed by atoms with Crippen LogP contribution in [0.1, 0.15) is 28.9 Å². The van der Waals surface area contributed by atoms with Crippen LogP contribution in [0.2, 0.25) is 0 Å². The van der Waals surface area contributed by atoms with Gasteiger partial charge in [0, 0.05) is 0 Å². The first-order valence-electron chi connectivity index (χ1n) is 3.79. The zero-order chi connectivity index (χ0) is 9.84. The molecule has 1 unspecified atom stereocenters. The van der Waals surface area contributed by atoms with Crippen LogP contribution >= 0.6 is 0 Å². The van der Waals surface area contributed by atoms with E-state index in [1.54, 1.807) is 18.2 Å². The first-order valence-corrected chi connectivity index (χ1v) is 3.79. The third-order valence-corrected chi connectivity index (χ3v) is 1.71. The molecular weight excluding hydrogens is 172 g/mol. The molecule has 0 bridgehead atoms. The van der Waals surface area contributed by atoms with Crippen molar-refractivity contribution >= 4 is 5.97 Å². The van der Waals surface area contributed by atoms with Crippen LogP contribution in [0.15, 0.2) is 24.3 Å². The number of aliphatic hydroxyl groups excluding tert-OH is 1. The predicted octanol–water partition coefficient (Wildman–Crippen LogP) is 1.37. The standard InChI is InChI=1S/C9H10O4/c1-6(10)7-4-2-3-5-8(7)9(11)13-12/h2-6,10,12H,1H3. The molecule has 0 fully saturated rings. The summed E-state index contributed by atoms with van der Waals surface area (Å²) in [6.45, 7) is 1.53. The van der Waals surface area contributed by atoms with E-state index in [4.69, 9.17) is 5.26 Å². The van der Waals surface area contributed by atoms with E-state index in [1.165, 1.54) is 13.0 Å². The molecule has 4 nitrogen and oxygen atoms in total. The molecule has 0 heterocycles. The van der Waals surface area contributed by atoms with E-state index in [9.17, 15) is 9.90 Å². The SMILES string of the molecule is CC(O)c1ccccc1C(=O)OO. The highest BCUT2D eigenvalue weighted by Gasteiger charge is 2.14. The average molecular weight is 182 g/mol. The lowest BCUT2D eigenvalue weighted by molar-refractivity contribution is -0.183. The molecule has 1 rings (SSSR count). The third-order valence-electron chi connectivity index (χ3n) is 1.71. The van der Waals surface area contributed by atoms with Crippen molar-refractivity contribution in [1.29, 1.82) is 0 Å². The minimum absolute atomic E-state index is 0.167.